The Hall–Kier alpha value is -2.79. The number of thiazole rings is 1. The zero-order valence-corrected chi connectivity index (χ0v) is 13.2. The first-order chi connectivity index (χ1) is 11.2. The predicted molar refractivity (Wildman–Crippen MR) is 92.7 cm³/mol. The molecular weight excluding hydrogens is 306 g/mol. The number of benzene rings is 2. The molecular formula is C18H13N3OS. The van der Waals surface area contributed by atoms with Gasteiger partial charge in [-0.3, -0.25) is 9.69 Å². The normalized spacial score (nSPS) is 15.3. The minimum Gasteiger partial charge on any atom is -0.268 e. The lowest BCUT2D eigenvalue weighted by Crippen LogP contribution is -2.30. The minimum atomic E-state index is -0.0558. The molecule has 23 heavy (non-hydrogen) atoms. The number of aromatic nitrogens is 1. The summed E-state index contributed by atoms with van der Waals surface area (Å²) in [5, 5.41) is 2.51. The first-order valence-electron chi connectivity index (χ1n) is 7.23. The van der Waals surface area contributed by atoms with Gasteiger partial charge in [0.1, 0.15) is 0 Å². The molecule has 5 heteroatoms. The van der Waals surface area contributed by atoms with E-state index in [1.165, 1.54) is 11.3 Å². The molecule has 0 bridgehead atoms. The van der Waals surface area contributed by atoms with Crippen molar-refractivity contribution in [3.8, 4) is 0 Å². The molecule has 0 fully saturated rings. The Labute approximate surface area is 137 Å². The summed E-state index contributed by atoms with van der Waals surface area (Å²) in [6.07, 6.45) is 1.71. The smallest absolute Gasteiger partial charge is 0.264 e. The number of carbonyl (C=O) groups is 1. The van der Waals surface area contributed by atoms with Gasteiger partial charge in [0.05, 0.1) is 11.3 Å². The molecule has 3 aromatic rings. The van der Waals surface area contributed by atoms with Crippen LogP contribution in [0.1, 0.15) is 21.5 Å². The Morgan fingerprint density at radius 1 is 1.04 bits per heavy atom. The lowest BCUT2D eigenvalue weighted by atomic mass is 10.1. The van der Waals surface area contributed by atoms with Gasteiger partial charge in [0.2, 0.25) is 5.13 Å². The van der Waals surface area contributed by atoms with Crippen molar-refractivity contribution in [3.05, 3.63) is 76.8 Å². The number of anilines is 1. The van der Waals surface area contributed by atoms with E-state index in [1.54, 1.807) is 11.1 Å². The van der Waals surface area contributed by atoms with Crippen molar-refractivity contribution < 1.29 is 4.79 Å². The fourth-order valence-electron chi connectivity index (χ4n) is 2.61. The molecule has 0 N–H and O–H groups in total. The van der Waals surface area contributed by atoms with Gasteiger partial charge in [0.15, 0.2) is 5.84 Å². The third-order valence-corrected chi connectivity index (χ3v) is 4.39. The highest BCUT2D eigenvalue weighted by Gasteiger charge is 2.34. The first kappa shape index (κ1) is 13.8. The van der Waals surface area contributed by atoms with Crippen molar-refractivity contribution in [2.24, 2.45) is 4.99 Å². The van der Waals surface area contributed by atoms with Gasteiger partial charge in [0, 0.05) is 17.1 Å². The third-order valence-electron chi connectivity index (χ3n) is 3.73. The SMILES string of the molecule is Cc1ccc(N2C(=O)c3ccccc3/C2=N\c2nccs2)cc1. The number of carbonyl (C=O) groups excluding carboxylic acids is 1. The van der Waals surface area contributed by atoms with Crippen LogP contribution >= 0.6 is 11.3 Å². The van der Waals surface area contributed by atoms with Crippen LogP contribution in [-0.2, 0) is 0 Å². The minimum absolute atomic E-state index is 0.0558. The van der Waals surface area contributed by atoms with Crippen LogP contribution in [0.25, 0.3) is 0 Å². The number of rotatable bonds is 2. The topological polar surface area (TPSA) is 45.6 Å². The van der Waals surface area contributed by atoms with E-state index in [4.69, 9.17) is 0 Å². The Bertz CT molecular complexity index is 898. The Morgan fingerprint density at radius 2 is 1.78 bits per heavy atom. The molecule has 0 saturated carbocycles. The van der Waals surface area contributed by atoms with Crippen LogP contribution in [0.15, 0.2) is 65.1 Å². The van der Waals surface area contributed by atoms with Gasteiger partial charge in [0.25, 0.3) is 5.91 Å². The van der Waals surface area contributed by atoms with Gasteiger partial charge in [-0.1, -0.05) is 35.9 Å². The fraction of sp³-hybridized carbons (Fsp3) is 0.0556. The monoisotopic (exact) mass is 319 g/mol. The summed E-state index contributed by atoms with van der Waals surface area (Å²) in [7, 11) is 0. The van der Waals surface area contributed by atoms with Crippen molar-refractivity contribution in [3.63, 3.8) is 0 Å². The van der Waals surface area contributed by atoms with E-state index in [-0.39, 0.29) is 5.91 Å². The van der Waals surface area contributed by atoms with Crippen LogP contribution in [0, 0.1) is 6.92 Å². The second-order valence-corrected chi connectivity index (χ2v) is 6.14. The van der Waals surface area contributed by atoms with Gasteiger partial charge < -0.3 is 0 Å². The summed E-state index contributed by atoms with van der Waals surface area (Å²) < 4.78 is 0. The zero-order chi connectivity index (χ0) is 15.8. The molecule has 1 aliphatic heterocycles. The van der Waals surface area contributed by atoms with E-state index in [0.29, 0.717) is 16.5 Å². The maximum absolute atomic E-state index is 12.8. The Balaban J connectivity index is 1.90. The lowest BCUT2D eigenvalue weighted by Gasteiger charge is -2.17. The zero-order valence-electron chi connectivity index (χ0n) is 12.4. The van der Waals surface area contributed by atoms with E-state index in [1.807, 2.05) is 60.8 Å². The molecule has 1 amide bonds. The van der Waals surface area contributed by atoms with Crippen molar-refractivity contribution >= 4 is 33.9 Å². The van der Waals surface area contributed by atoms with Gasteiger partial charge in [-0.25, -0.2) is 9.98 Å². The van der Waals surface area contributed by atoms with Crippen LogP contribution in [0.5, 0.6) is 0 Å². The summed E-state index contributed by atoms with van der Waals surface area (Å²) in [5.74, 6) is 0.573. The maximum Gasteiger partial charge on any atom is 0.264 e. The molecule has 0 spiro atoms. The lowest BCUT2D eigenvalue weighted by molar-refractivity contribution is 0.101. The molecule has 0 unspecified atom stereocenters. The van der Waals surface area contributed by atoms with Gasteiger partial charge >= 0.3 is 0 Å². The number of aryl methyl sites for hydroxylation is 1. The average molecular weight is 319 g/mol. The predicted octanol–water partition coefficient (Wildman–Crippen LogP) is 4.19. The molecule has 2 heterocycles. The molecule has 4 nitrogen and oxygen atoms in total. The molecule has 0 atom stereocenters. The van der Waals surface area contributed by atoms with Gasteiger partial charge in [-0.05, 0) is 25.1 Å². The fourth-order valence-corrected chi connectivity index (χ4v) is 3.11. The molecule has 112 valence electrons. The Kier molecular flexibility index (Phi) is 3.28. The molecule has 1 aliphatic rings. The highest BCUT2D eigenvalue weighted by atomic mass is 32.1. The molecule has 0 saturated heterocycles. The quantitative estimate of drug-likeness (QED) is 0.711. The second-order valence-electron chi connectivity index (χ2n) is 5.27. The molecule has 4 rings (SSSR count). The van der Waals surface area contributed by atoms with Crippen molar-refractivity contribution in [2.75, 3.05) is 4.90 Å². The molecule has 0 radical (unpaired) electrons. The summed E-state index contributed by atoms with van der Waals surface area (Å²) in [6, 6.07) is 15.4. The second kappa shape index (κ2) is 5.44. The van der Waals surface area contributed by atoms with Crippen molar-refractivity contribution in [1.29, 1.82) is 0 Å². The van der Waals surface area contributed by atoms with E-state index in [2.05, 4.69) is 9.98 Å². The average Bonchev–Trinajstić information content (AvgIpc) is 3.17. The van der Waals surface area contributed by atoms with E-state index >= 15 is 0 Å². The summed E-state index contributed by atoms with van der Waals surface area (Å²) in [6.45, 7) is 2.02. The van der Waals surface area contributed by atoms with Crippen LogP contribution in [0.2, 0.25) is 0 Å². The van der Waals surface area contributed by atoms with E-state index in [9.17, 15) is 4.79 Å². The molecule has 1 aromatic heterocycles. The van der Waals surface area contributed by atoms with Gasteiger partial charge in [-0.15, -0.1) is 11.3 Å². The highest BCUT2D eigenvalue weighted by Crippen LogP contribution is 2.31. The third kappa shape index (κ3) is 2.35. The summed E-state index contributed by atoms with van der Waals surface area (Å²) >= 11 is 1.45. The molecule has 0 aliphatic carbocycles. The van der Waals surface area contributed by atoms with Crippen LogP contribution in [-0.4, -0.2) is 16.7 Å². The van der Waals surface area contributed by atoms with Crippen LogP contribution in [0.4, 0.5) is 10.8 Å². The van der Waals surface area contributed by atoms with Crippen molar-refractivity contribution in [1.82, 2.24) is 4.98 Å². The molecule has 2 aromatic carbocycles. The van der Waals surface area contributed by atoms with E-state index < -0.39 is 0 Å². The highest BCUT2D eigenvalue weighted by molar-refractivity contribution is 7.13. The standard InChI is InChI=1S/C18H13N3OS/c1-12-6-8-13(9-7-12)21-16(20-18-19-10-11-23-18)14-4-2-3-5-15(14)17(21)22/h2-11H,1H3/b20-16+. The first-order valence-corrected chi connectivity index (χ1v) is 8.11. The number of amidine groups is 1. The number of hydrogen-bond donors (Lipinski definition) is 0. The van der Waals surface area contributed by atoms with Gasteiger partial charge in [-0.2, -0.15) is 0 Å². The number of fused-ring (bicyclic) bond motifs is 1. The van der Waals surface area contributed by atoms with Crippen molar-refractivity contribution in [2.45, 2.75) is 6.92 Å². The number of hydrogen-bond acceptors (Lipinski definition) is 4. The Morgan fingerprint density at radius 3 is 2.48 bits per heavy atom. The number of amides is 1. The van der Waals surface area contributed by atoms with Crippen LogP contribution < -0.4 is 4.90 Å². The maximum atomic E-state index is 12.8. The van der Waals surface area contributed by atoms with Crippen LogP contribution in [0.3, 0.4) is 0 Å². The summed E-state index contributed by atoms with van der Waals surface area (Å²) in [4.78, 5) is 23.3. The summed E-state index contributed by atoms with van der Waals surface area (Å²) in [5.41, 5.74) is 3.47. The largest absolute Gasteiger partial charge is 0.268 e. The number of nitrogens with zero attached hydrogens (tertiary/aromatic N) is 3. The van der Waals surface area contributed by atoms with E-state index in [0.717, 1.165) is 16.8 Å². The number of aliphatic imine (C=N–C) groups is 1.